The molecule has 0 unspecified atom stereocenters. The second kappa shape index (κ2) is 10.2. The predicted molar refractivity (Wildman–Crippen MR) is 160 cm³/mol. The number of phenols is 3. The van der Waals surface area contributed by atoms with Gasteiger partial charge in [0.1, 0.15) is 23.4 Å². The third kappa shape index (κ3) is 3.95. The van der Waals surface area contributed by atoms with Crippen LogP contribution in [0.3, 0.4) is 0 Å². The van der Waals surface area contributed by atoms with Crippen LogP contribution in [0.2, 0.25) is 0 Å². The van der Waals surface area contributed by atoms with E-state index in [0.717, 1.165) is 6.92 Å². The number of rotatable bonds is 3. The van der Waals surface area contributed by atoms with Crippen molar-refractivity contribution in [1.82, 2.24) is 0 Å². The van der Waals surface area contributed by atoms with E-state index in [2.05, 4.69) is 0 Å². The predicted octanol–water partition coefficient (Wildman–Crippen LogP) is 3.17. The lowest BCUT2D eigenvalue weighted by Crippen LogP contribution is -2.41. The van der Waals surface area contributed by atoms with Gasteiger partial charge < -0.3 is 39.0 Å². The van der Waals surface area contributed by atoms with Crippen LogP contribution < -0.4 is 0 Å². The molecule has 49 heavy (non-hydrogen) atoms. The van der Waals surface area contributed by atoms with Crippen molar-refractivity contribution in [1.29, 1.82) is 0 Å². The molecule has 0 spiro atoms. The molecule has 254 valence electrons. The Morgan fingerprint density at radius 3 is 2.24 bits per heavy atom. The summed E-state index contributed by atoms with van der Waals surface area (Å²) in [7, 11) is 1.24. The van der Waals surface area contributed by atoms with Gasteiger partial charge in [0, 0.05) is 41.2 Å². The zero-order valence-electron chi connectivity index (χ0n) is 26.7. The number of carbonyl (C=O) groups is 6. The van der Waals surface area contributed by atoms with Crippen molar-refractivity contribution in [2.45, 2.75) is 82.6 Å². The van der Waals surface area contributed by atoms with Crippen LogP contribution in [-0.4, -0.2) is 69.9 Å². The molecule has 2 bridgehead atoms. The molecule has 2 aromatic carbocycles. The normalized spacial score (nSPS) is 30.4. The van der Waals surface area contributed by atoms with E-state index in [1.165, 1.54) is 13.2 Å². The van der Waals surface area contributed by atoms with Gasteiger partial charge in [0.05, 0.1) is 66.4 Å². The molecule has 1 saturated heterocycles. The van der Waals surface area contributed by atoms with E-state index in [9.17, 15) is 44.1 Å². The van der Waals surface area contributed by atoms with E-state index in [1.807, 2.05) is 0 Å². The van der Waals surface area contributed by atoms with Crippen molar-refractivity contribution in [2.24, 2.45) is 5.92 Å². The highest BCUT2D eigenvalue weighted by atomic mass is 16.6. The fraction of sp³-hybridized carbons (Fsp3) is 0.429. The number of esters is 3. The van der Waals surface area contributed by atoms with Gasteiger partial charge in [-0.15, -0.1) is 0 Å². The Bertz CT molecular complexity index is 2040. The largest absolute Gasteiger partial charge is 0.507 e. The zero-order chi connectivity index (χ0) is 35.0. The van der Waals surface area contributed by atoms with E-state index in [0.29, 0.717) is 5.56 Å². The molecule has 3 aliphatic heterocycles. The molecule has 0 saturated carbocycles. The number of ketones is 3. The van der Waals surface area contributed by atoms with E-state index in [4.69, 9.17) is 23.7 Å². The monoisotopic (exact) mass is 674 g/mol. The van der Waals surface area contributed by atoms with Gasteiger partial charge in [0.15, 0.2) is 29.1 Å². The maximum Gasteiger partial charge on any atom is 0.309 e. The summed E-state index contributed by atoms with van der Waals surface area (Å²) in [5.74, 6) is -7.87. The Labute approximate surface area is 277 Å². The first-order valence-corrected chi connectivity index (χ1v) is 15.9. The summed E-state index contributed by atoms with van der Waals surface area (Å²) in [5, 5.41) is 35.0. The van der Waals surface area contributed by atoms with Crippen molar-refractivity contribution < 1.29 is 67.8 Å². The number of aromatic hydroxyl groups is 3. The van der Waals surface area contributed by atoms with Gasteiger partial charge in [-0.1, -0.05) is 0 Å². The lowest BCUT2D eigenvalue weighted by atomic mass is 9.71. The van der Waals surface area contributed by atoms with Crippen molar-refractivity contribution in [3.63, 3.8) is 0 Å². The summed E-state index contributed by atoms with van der Waals surface area (Å²) in [5.41, 5.74) is -3.56. The van der Waals surface area contributed by atoms with Crippen molar-refractivity contribution in [3.8, 4) is 17.2 Å². The number of hydrogen-bond acceptors (Lipinski definition) is 14. The fourth-order valence-electron chi connectivity index (χ4n) is 8.86. The molecule has 3 N–H and O–H groups in total. The van der Waals surface area contributed by atoms with Crippen LogP contribution >= 0.6 is 0 Å². The van der Waals surface area contributed by atoms with Crippen LogP contribution in [0.25, 0.3) is 0 Å². The summed E-state index contributed by atoms with van der Waals surface area (Å²) in [6.07, 6.45) is -4.86. The number of fused-ring (bicyclic) bond motifs is 11. The number of methoxy groups -OCH3 is 1. The molecule has 14 nitrogen and oxygen atoms in total. The van der Waals surface area contributed by atoms with Gasteiger partial charge in [-0.05, 0) is 31.9 Å². The first kappa shape index (κ1) is 31.2. The molecule has 0 amide bonds. The van der Waals surface area contributed by atoms with Gasteiger partial charge in [-0.25, -0.2) is 0 Å². The molecule has 2 aromatic rings. The molecule has 0 radical (unpaired) electrons. The SMILES string of the molecule is COC(=O)C[C@H]1Cc2cc3c(c(O)c2[C@H](C)O1)C(=O)[C@H]1C[C@]3(OC(C)=O)C2=C1C(=O)c1c(O)c3c(c(O)c1C2=O)[C@H](C)O[C@H]1CC(=O)O[C@@H]31. The summed E-state index contributed by atoms with van der Waals surface area (Å²) in [6, 6.07) is 1.53. The fourth-order valence-corrected chi connectivity index (χ4v) is 8.86. The third-order valence-corrected chi connectivity index (χ3v) is 10.6. The molecule has 3 heterocycles. The molecule has 14 heteroatoms. The van der Waals surface area contributed by atoms with Crippen LogP contribution in [0.1, 0.15) is 117 Å². The van der Waals surface area contributed by atoms with Crippen LogP contribution in [-0.2, 0) is 50.1 Å². The Morgan fingerprint density at radius 1 is 0.898 bits per heavy atom. The average molecular weight is 675 g/mol. The molecule has 3 aliphatic carbocycles. The van der Waals surface area contributed by atoms with Crippen LogP contribution in [0.15, 0.2) is 17.2 Å². The minimum absolute atomic E-state index is 0.0280. The molecule has 0 aromatic heterocycles. The average Bonchev–Trinajstić information content (AvgIpc) is 3.55. The third-order valence-electron chi connectivity index (χ3n) is 10.6. The summed E-state index contributed by atoms with van der Waals surface area (Å²) in [6.45, 7) is 4.28. The summed E-state index contributed by atoms with van der Waals surface area (Å²) in [4.78, 5) is 80.6. The van der Waals surface area contributed by atoms with E-state index < -0.39 is 106 Å². The van der Waals surface area contributed by atoms with Gasteiger partial charge in [0.2, 0.25) is 0 Å². The number of Topliss-reactive ketones (excluding diaryl/α,β-unsaturated/α-hetero) is 3. The van der Waals surface area contributed by atoms with Crippen LogP contribution in [0.5, 0.6) is 17.2 Å². The molecule has 1 fully saturated rings. The maximum atomic E-state index is 14.7. The highest BCUT2D eigenvalue weighted by Crippen LogP contribution is 2.63. The van der Waals surface area contributed by atoms with E-state index in [1.54, 1.807) is 13.8 Å². The number of benzene rings is 2. The molecule has 8 rings (SSSR count). The zero-order valence-corrected chi connectivity index (χ0v) is 26.7. The van der Waals surface area contributed by atoms with Gasteiger partial charge >= 0.3 is 17.9 Å². The van der Waals surface area contributed by atoms with Gasteiger partial charge in [-0.2, -0.15) is 0 Å². The lowest BCUT2D eigenvalue weighted by Gasteiger charge is -2.39. The van der Waals surface area contributed by atoms with Crippen LogP contribution in [0, 0.1) is 5.92 Å². The lowest BCUT2D eigenvalue weighted by molar-refractivity contribution is -0.155. The molecule has 7 atom stereocenters. The molecular formula is C35H30O14. The molecule has 6 aliphatic rings. The smallest absolute Gasteiger partial charge is 0.309 e. The van der Waals surface area contributed by atoms with Crippen LogP contribution in [0.4, 0.5) is 0 Å². The quantitative estimate of drug-likeness (QED) is 0.243. The summed E-state index contributed by atoms with van der Waals surface area (Å²) < 4.78 is 28.0. The molecular weight excluding hydrogens is 644 g/mol. The number of hydrogen-bond donors (Lipinski definition) is 3. The standard InChI is InChI=1S/C35H30O14/c1-10-20-13(5-14(46-10)7-18(37)45-4)6-16-23(29(20)40)28(39)15-9-35(16,49-12(3)36)27-22(15)31(42)24-25(33(27)44)30(41)21-11(2)47-17-8-19(38)48-34(17)26(21)32(24)43/h6,10-11,14-15,17,34,40-41,43H,5,7-9H2,1-4H3/t10-,11-,14+,15-,17-,34+,35+/m0/s1. The van der Waals surface area contributed by atoms with Gasteiger partial charge in [-0.3, -0.25) is 28.8 Å². The topological polar surface area (TPSA) is 209 Å². The Kier molecular flexibility index (Phi) is 6.51. The van der Waals surface area contributed by atoms with Crippen molar-refractivity contribution in [3.05, 3.63) is 61.7 Å². The minimum Gasteiger partial charge on any atom is -0.507 e. The van der Waals surface area contributed by atoms with Crippen molar-refractivity contribution >= 4 is 35.3 Å². The second-order valence-corrected chi connectivity index (χ2v) is 13.3. The van der Waals surface area contributed by atoms with E-state index >= 15 is 0 Å². The number of phenolic OH excluding ortho intramolecular Hbond substituents is 3. The highest BCUT2D eigenvalue weighted by molar-refractivity contribution is 6.33. The maximum absolute atomic E-state index is 14.7. The number of carbonyl (C=O) groups excluding carboxylic acids is 6. The highest BCUT2D eigenvalue weighted by Gasteiger charge is 2.64. The van der Waals surface area contributed by atoms with Gasteiger partial charge in [0.25, 0.3) is 0 Å². The Hall–Kier alpha value is -5.08. The minimum atomic E-state index is -2.04. The Morgan fingerprint density at radius 2 is 1.55 bits per heavy atom. The first-order valence-electron chi connectivity index (χ1n) is 15.9. The number of ether oxygens (including phenoxy) is 5. The summed E-state index contributed by atoms with van der Waals surface area (Å²) >= 11 is 0. The van der Waals surface area contributed by atoms with E-state index in [-0.39, 0.29) is 64.6 Å². The first-order chi connectivity index (χ1) is 23.2. The number of allylic oxidation sites excluding steroid dienone is 1. The second-order valence-electron chi connectivity index (χ2n) is 13.3. The Balaban J connectivity index is 1.35. The van der Waals surface area contributed by atoms with Crippen molar-refractivity contribution in [2.75, 3.05) is 7.11 Å².